The van der Waals surface area contributed by atoms with Crippen LogP contribution in [-0.4, -0.2) is 5.78 Å². The molecular formula is C20H18ClNO. The molecule has 0 fully saturated rings. The number of fused-ring (bicyclic) bond motifs is 3. The topological polar surface area (TPSA) is 29.1 Å². The normalized spacial score (nSPS) is 24.7. The van der Waals surface area contributed by atoms with E-state index in [1.54, 1.807) is 6.92 Å². The molecule has 1 aliphatic heterocycles. The molecule has 1 aliphatic carbocycles. The molecule has 0 aromatic heterocycles. The summed E-state index contributed by atoms with van der Waals surface area (Å²) in [5.74, 6) is 0.931. The number of hydrogen-bond acceptors (Lipinski definition) is 2. The van der Waals surface area contributed by atoms with Gasteiger partial charge in [0.15, 0.2) is 5.78 Å². The average molecular weight is 324 g/mol. The van der Waals surface area contributed by atoms with Crippen molar-refractivity contribution in [3.05, 3.63) is 76.3 Å². The third-order valence-electron chi connectivity index (χ3n) is 4.98. The standard InChI is InChI=1S/C20H18ClNO/c1-12(23)13-8-9-19-18(11-13)16-6-3-7-17(16)20(22-19)14-4-2-5-15(21)10-14/h2-6,8-11,16-17,20,22H,7H2,1H3/t16-,17+,20+/m1/s1. The van der Waals surface area contributed by atoms with Gasteiger partial charge >= 0.3 is 0 Å². The van der Waals surface area contributed by atoms with Crippen molar-refractivity contribution in [1.29, 1.82) is 0 Å². The van der Waals surface area contributed by atoms with E-state index in [4.69, 9.17) is 11.6 Å². The molecule has 0 radical (unpaired) electrons. The van der Waals surface area contributed by atoms with E-state index in [-0.39, 0.29) is 11.8 Å². The summed E-state index contributed by atoms with van der Waals surface area (Å²) in [4.78, 5) is 11.7. The van der Waals surface area contributed by atoms with E-state index in [2.05, 4.69) is 23.5 Å². The molecule has 2 nitrogen and oxygen atoms in total. The minimum atomic E-state index is 0.114. The van der Waals surface area contributed by atoms with Crippen LogP contribution in [0.25, 0.3) is 0 Å². The average Bonchev–Trinajstić information content (AvgIpc) is 3.03. The van der Waals surface area contributed by atoms with Gasteiger partial charge in [0.2, 0.25) is 0 Å². The first-order chi connectivity index (χ1) is 11.1. The van der Waals surface area contributed by atoms with Gasteiger partial charge in [-0.25, -0.2) is 0 Å². The van der Waals surface area contributed by atoms with E-state index in [0.29, 0.717) is 11.8 Å². The number of Topliss-reactive ketones (excluding diaryl/α,β-unsaturated/α-hetero) is 1. The van der Waals surface area contributed by atoms with Gasteiger partial charge in [0.05, 0.1) is 6.04 Å². The van der Waals surface area contributed by atoms with Gasteiger partial charge < -0.3 is 5.32 Å². The fourth-order valence-corrected chi connectivity index (χ4v) is 4.04. The van der Waals surface area contributed by atoms with Gasteiger partial charge in [-0.1, -0.05) is 35.9 Å². The Hall–Kier alpha value is -2.06. The van der Waals surface area contributed by atoms with Crippen LogP contribution in [0.3, 0.4) is 0 Å². The Morgan fingerprint density at radius 3 is 2.87 bits per heavy atom. The van der Waals surface area contributed by atoms with Crippen molar-refractivity contribution in [3.63, 3.8) is 0 Å². The molecule has 3 atom stereocenters. The molecule has 1 N–H and O–H groups in total. The molecule has 0 spiro atoms. The highest BCUT2D eigenvalue weighted by molar-refractivity contribution is 6.30. The Kier molecular flexibility index (Phi) is 3.50. The van der Waals surface area contributed by atoms with Gasteiger partial charge in [-0.05, 0) is 60.7 Å². The summed E-state index contributed by atoms with van der Waals surface area (Å²) in [6.07, 6.45) is 5.58. The number of anilines is 1. The minimum Gasteiger partial charge on any atom is -0.378 e. The van der Waals surface area contributed by atoms with Gasteiger partial charge in [0, 0.05) is 22.2 Å². The summed E-state index contributed by atoms with van der Waals surface area (Å²) in [6.45, 7) is 1.62. The van der Waals surface area contributed by atoms with Gasteiger partial charge in [-0.3, -0.25) is 4.79 Å². The van der Waals surface area contributed by atoms with Crippen LogP contribution in [0.1, 0.15) is 46.8 Å². The van der Waals surface area contributed by atoms with Crippen molar-refractivity contribution in [1.82, 2.24) is 0 Å². The number of ketones is 1. The zero-order chi connectivity index (χ0) is 16.0. The highest BCUT2D eigenvalue weighted by Crippen LogP contribution is 2.50. The maximum atomic E-state index is 11.7. The Labute approximate surface area is 141 Å². The molecule has 2 aliphatic rings. The zero-order valence-electron chi connectivity index (χ0n) is 12.9. The molecule has 2 aromatic rings. The summed E-state index contributed by atoms with van der Waals surface area (Å²) < 4.78 is 0. The van der Waals surface area contributed by atoms with Crippen molar-refractivity contribution in [2.24, 2.45) is 5.92 Å². The van der Waals surface area contributed by atoms with Crippen LogP contribution in [0.4, 0.5) is 5.69 Å². The Balaban J connectivity index is 1.79. The van der Waals surface area contributed by atoms with Crippen LogP contribution < -0.4 is 5.32 Å². The van der Waals surface area contributed by atoms with E-state index in [1.165, 1.54) is 11.1 Å². The van der Waals surface area contributed by atoms with Crippen LogP contribution in [-0.2, 0) is 0 Å². The number of rotatable bonds is 2. The van der Waals surface area contributed by atoms with Gasteiger partial charge in [-0.15, -0.1) is 0 Å². The van der Waals surface area contributed by atoms with Crippen LogP contribution >= 0.6 is 11.6 Å². The van der Waals surface area contributed by atoms with E-state index < -0.39 is 0 Å². The third kappa shape index (κ3) is 2.47. The second-order valence-corrected chi connectivity index (χ2v) is 6.83. The first-order valence-electron chi connectivity index (χ1n) is 7.97. The molecule has 0 bridgehead atoms. The number of carbonyl (C=O) groups is 1. The SMILES string of the molecule is CC(=O)c1ccc2c(c1)[C@@H]1C=CC[C@@H]1[C@H](c1cccc(Cl)c1)N2. The van der Waals surface area contributed by atoms with E-state index in [9.17, 15) is 4.79 Å². The summed E-state index contributed by atoms with van der Waals surface area (Å²) in [5.41, 5.74) is 4.35. The van der Waals surface area contributed by atoms with E-state index in [1.807, 2.05) is 36.4 Å². The zero-order valence-corrected chi connectivity index (χ0v) is 13.7. The molecule has 1 heterocycles. The minimum absolute atomic E-state index is 0.114. The Bertz CT molecular complexity index is 811. The second kappa shape index (κ2) is 5.54. The fourth-order valence-electron chi connectivity index (χ4n) is 3.84. The van der Waals surface area contributed by atoms with Gasteiger partial charge in [0.25, 0.3) is 0 Å². The quantitative estimate of drug-likeness (QED) is 0.594. The molecule has 2 aromatic carbocycles. The number of nitrogens with one attached hydrogen (secondary N) is 1. The van der Waals surface area contributed by atoms with Crippen molar-refractivity contribution in [3.8, 4) is 0 Å². The largest absolute Gasteiger partial charge is 0.378 e. The molecule has 0 unspecified atom stereocenters. The predicted octanol–water partition coefficient (Wildman–Crippen LogP) is 5.37. The van der Waals surface area contributed by atoms with Crippen LogP contribution in [0.15, 0.2) is 54.6 Å². The lowest BCUT2D eigenvalue weighted by Crippen LogP contribution is -2.29. The number of halogens is 1. The summed E-state index contributed by atoms with van der Waals surface area (Å²) in [7, 11) is 0. The molecule has 116 valence electrons. The number of hydrogen-bond donors (Lipinski definition) is 1. The van der Waals surface area contributed by atoms with Crippen LogP contribution in [0.5, 0.6) is 0 Å². The first-order valence-corrected chi connectivity index (χ1v) is 8.35. The number of carbonyl (C=O) groups excluding carboxylic acids is 1. The molecule has 23 heavy (non-hydrogen) atoms. The molecule has 3 heteroatoms. The smallest absolute Gasteiger partial charge is 0.159 e. The third-order valence-corrected chi connectivity index (χ3v) is 5.21. The lowest BCUT2D eigenvalue weighted by molar-refractivity contribution is 0.101. The van der Waals surface area contributed by atoms with E-state index >= 15 is 0 Å². The fraction of sp³-hybridized carbons (Fsp3) is 0.250. The first kappa shape index (κ1) is 14.5. The van der Waals surface area contributed by atoms with E-state index in [0.717, 1.165) is 22.7 Å². The maximum absolute atomic E-state index is 11.7. The monoisotopic (exact) mass is 323 g/mol. The lowest BCUT2D eigenvalue weighted by Gasteiger charge is -2.37. The van der Waals surface area contributed by atoms with Gasteiger partial charge in [0.1, 0.15) is 0 Å². The van der Waals surface area contributed by atoms with Crippen molar-refractivity contribution in [2.75, 3.05) is 5.32 Å². The van der Waals surface area contributed by atoms with Crippen LogP contribution in [0.2, 0.25) is 5.02 Å². The highest BCUT2D eigenvalue weighted by Gasteiger charge is 2.38. The highest BCUT2D eigenvalue weighted by atomic mass is 35.5. The summed E-state index contributed by atoms with van der Waals surface area (Å²) in [6, 6.07) is 14.3. The number of allylic oxidation sites excluding steroid dienone is 2. The van der Waals surface area contributed by atoms with Crippen molar-refractivity contribution in [2.45, 2.75) is 25.3 Å². The predicted molar refractivity (Wildman–Crippen MR) is 94.3 cm³/mol. The Morgan fingerprint density at radius 1 is 1.22 bits per heavy atom. The molecule has 0 amide bonds. The van der Waals surface area contributed by atoms with Crippen molar-refractivity contribution >= 4 is 23.1 Å². The Morgan fingerprint density at radius 2 is 2.09 bits per heavy atom. The molecule has 4 rings (SSSR count). The second-order valence-electron chi connectivity index (χ2n) is 6.39. The molecular weight excluding hydrogens is 306 g/mol. The summed E-state index contributed by atoms with van der Waals surface area (Å²) >= 11 is 6.18. The van der Waals surface area contributed by atoms with Gasteiger partial charge in [-0.2, -0.15) is 0 Å². The summed E-state index contributed by atoms with van der Waals surface area (Å²) in [5, 5.41) is 4.44. The molecule has 0 saturated carbocycles. The molecule has 0 saturated heterocycles. The van der Waals surface area contributed by atoms with Crippen LogP contribution in [0, 0.1) is 5.92 Å². The number of benzene rings is 2. The van der Waals surface area contributed by atoms with Crippen molar-refractivity contribution < 1.29 is 4.79 Å². The maximum Gasteiger partial charge on any atom is 0.159 e. The lowest BCUT2D eigenvalue weighted by atomic mass is 9.76.